The highest BCUT2D eigenvalue weighted by molar-refractivity contribution is 6.12. The molecule has 0 aliphatic carbocycles. The molecule has 0 saturated heterocycles. The molecule has 0 radical (unpaired) electrons. The molecule has 0 spiro atoms. The van der Waals surface area contributed by atoms with Gasteiger partial charge < -0.3 is 9.47 Å². The van der Waals surface area contributed by atoms with Crippen molar-refractivity contribution >= 4 is 60.4 Å². The Labute approximate surface area is 338 Å². The molecule has 272 valence electrons. The summed E-state index contributed by atoms with van der Waals surface area (Å²) in [6.07, 6.45) is 0. The zero-order chi connectivity index (χ0) is 38.4. The van der Waals surface area contributed by atoms with Crippen LogP contribution in [0.25, 0.3) is 82.4 Å². The maximum absolute atomic E-state index is 2.41. The number of hydrogen-bond acceptors (Lipinski definition) is 1. The maximum atomic E-state index is 2.41. The zero-order valence-corrected chi connectivity index (χ0v) is 31.8. The molecule has 0 N–H and O–H groups in total. The van der Waals surface area contributed by atoms with E-state index >= 15 is 0 Å². The molecule has 0 aliphatic rings. The number of para-hydroxylation sites is 2. The van der Waals surface area contributed by atoms with Gasteiger partial charge in [-0.15, -0.1) is 0 Å². The molecule has 0 bridgehead atoms. The van der Waals surface area contributed by atoms with E-state index in [1.807, 2.05) is 0 Å². The van der Waals surface area contributed by atoms with E-state index in [4.69, 9.17) is 0 Å². The molecule has 1 heterocycles. The highest BCUT2D eigenvalue weighted by Gasteiger charge is 2.19. The minimum absolute atomic E-state index is 1.10. The standard InChI is InChI=1S/C56H38N2/c1-3-14-39(15-4-1)40-28-33-45(34-29-40)57(46-35-30-42(31-36-46)48-22-11-17-41-16-7-8-20-47(41)48)54-27-13-24-50-49(23-12-25-51(50)54)43-32-37-56-53(38-43)52-21-9-10-26-55(52)58(56)44-18-5-2-6-19-44/h1-38H. The molecule has 0 atom stereocenters. The molecule has 0 unspecified atom stereocenters. The summed E-state index contributed by atoms with van der Waals surface area (Å²) >= 11 is 0. The van der Waals surface area contributed by atoms with Gasteiger partial charge in [-0.1, -0.05) is 170 Å². The average molecular weight is 739 g/mol. The molecular formula is C56H38N2. The highest BCUT2D eigenvalue weighted by Crippen LogP contribution is 2.43. The highest BCUT2D eigenvalue weighted by atomic mass is 15.1. The van der Waals surface area contributed by atoms with Crippen molar-refractivity contribution < 1.29 is 0 Å². The van der Waals surface area contributed by atoms with Gasteiger partial charge in [0.05, 0.1) is 16.7 Å². The number of nitrogens with zero attached hydrogens (tertiary/aromatic N) is 2. The Kier molecular flexibility index (Phi) is 8.19. The number of rotatable bonds is 7. The smallest absolute Gasteiger partial charge is 0.0541 e. The first-order chi connectivity index (χ1) is 28.8. The van der Waals surface area contributed by atoms with Gasteiger partial charge in [-0.05, 0) is 110 Å². The Morgan fingerprint density at radius 1 is 0.293 bits per heavy atom. The van der Waals surface area contributed by atoms with Crippen LogP contribution in [0.5, 0.6) is 0 Å². The molecule has 2 nitrogen and oxygen atoms in total. The first kappa shape index (κ1) is 33.6. The second-order valence-corrected chi connectivity index (χ2v) is 14.9. The van der Waals surface area contributed by atoms with Crippen LogP contribution in [0.2, 0.25) is 0 Å². The summed E-state index contributed by atoms with van der Waals surface area (Å²) in [5.74, 6) is 0. The van der Waals surface area contributed by atoms with E-state index in [9.17, 15) is 0 Å². The fraction of sp³-hybridized carbons (Fsp3) is 0. The maximum Gasteiger partial charge on any atom is 0.0541 e. The van der Waals surface area contributed by atoms with Crippen LogP contribution in [0.15, 0.2) is 231 Å². The summed E-state index contributed by atoms with van der Waals surface area (Å²) in [4.78, 5) is 2.41. The number of benzene rings is 10. The summed E-state index contributed by atoms with van der Waals surface area (Å²) in [5, 5.41) is 7.41. The van der Waals surface area contributed by atoms with Crippen molar-refractivity contribution in [2.45, 2.75) is 0 Å². The van der Waals surface area contributed by atoms with Gasteiger partial charge in [-0.25, -0.2) is 0 Å². The normalized spacial score (nSPS) is 11.4. The average Bonchev–Trinajstić information content (AvgIpc) is 3.63. The predicted molar refractivity (Wildman–Crippen MR) is 247 cm³/mol. The van der Waals surface area contributed by atoms with E-state index in [0.29, 0.717) is 0 Å². The lowest BCUT2D eigenvalue weighted by atomic mass is 9.95. The van der Waals surface area contributed by atoms with Crippen LogP contribution in [-0.4, -0.2) is 4.57 Å². The van der Waals surface area contributed by atoms with Gasteiger partial charge in [0.1, 0.15) is 0 Å². The van der Waals surface area contributed by atoms with E-state index in [0.717, 1.165) is 17.1 Å². The van der Waals surface area contributed by atoms with Crippen molar-refractivity contribution in [1.29, 1.82) is 0 Å². The third-order valence-electron chi connectivity index (χ3n) is 11.6. The minimum Gasteiger partial charge on any atom is -0.310 e. The van der Waals surface area contributed by atoms with Crippen molar-refractivity contribution in [3.63, 3.8) is 0 Å². The van der Waals surface area contributed by atoms with Crippen LogP contribution in [0.1, 0.15) is 0 Å². The summed E-state index contributed by atoms with van der Waals surface area (Å²) in [5.41, 5.74) is 14.2. The van der Waals surface area contributed by atoms with E-state index in [2.05, 4.69) is 240 Å². The molecular weight excluding hydrogens is 701 g/mol. The summed E-state index contributed by atoms with van der Waals surface area (Å²) in [6, 6.07) is 83.6. The van der Waals surface area contributed by atoms with E-state index in [1.54, 1.807) is 0 Å². The van der Waals surface area contributed by atoms with E-state index < -0.39 is 0 Å². The third kappa shape index (κ3) is 5.74. The molecule has 0 saturated carbocycles. The second-order valence-electron chi connectivity index (χ2n) is 14.9. The fourth-order valence-corrected chi connectivity index (χ4v) is 8.86. The monoisotopic (exact) mass is 738 g/mol. The van der Waals surface area contributed by atoms with Crippen LogP contribution in [0.4, 0.5) is 17.1 Å². The van der Waals surface area contributed by atoms with Gasteiger partial charge in [0.25, 0.3) is 0 Å². The molecule has 11 aromatic rings. The molecule has 2 heteroatoms. The minimum atomic E-state index is 1.10. The molecule has 10 aromatic carbocycles. The molecule has 0 aliphatic heterocycles. The first-order valence-electron chi connectivity index (χ1n) is 19.9. The Morgan fingerprint density at radius 2 is 0.810 bits per heavy atom. The third-order valence-corrected chi connectivity index (χ3v) is 11.6. The van der Waals surface area contributed by atoms with Gasteiger partial charge in [0.15, 0.2) is 0 Å². The first-order valence-corrected chi connectivity index (χ1v) is 19.9. The molecule has 58 heavy (non-hydrogen) atoms. The quantitative estimate of drug-likeness (QED) is 0.158. The summed E-state index contributed by atoms with van der Waals surface area (Å²) < 4.78 is 2.38. The van der Waals surface area contributed by atoms with Crippen LogP contribution in [0.3, 0.4) is 0 Å². The van der Waals surface area contributed by atoms with Crippen molar-refractivity contribution in [1.82, 2.24) is 4.57 Å². The zero-order valence-electron chi connectivity index (χ0n) is 31.8. The Bertz CT molecular complexity index is 3250. The van der Waals surface area contributed by atoms with Crippen LogP contribution in [0, 0.1) is 0 Å². The fourth-order valence-electron chi connectivity index (χ4n) is 8.86. The number of anilines is 3. The summed E-state index contributed by atoms with van der Waals surface area (Å²) in [6.45, 7) is 0. The van der Waals surface area contributed by atoms with Crippen LogP contribution in [-0.2, 0) is 0 Å². The molecule has 0 fully saturated rings. The topological polar surface area (TPSA) is 8.17 Å². The van der Waals surface area contributed by atoms with Crippen molar-refractivity contribution in [2.24, 2.45) is 0 Å². The molecule has 1 aromatic heterocycles. The number of fused-ring (bicyclic) bond motifs is 5. The van der Waals surface area contributed by atoms with Gasteiger partial charge in [0, 0.05) is 33.2 Å². The Hall–Kier alpha value is -7.68. The van der Waals surface area contributed by atoms with Crippen molar-refractivity contribution in [3.8, 4) is 39.1 Å². The lowest BCUT2D eigenvalue weighted by molar-refractivity contribution is 1.18. The van der Waals surface area contributed by atoms with Gasteiger partial charge in [0.2, 0.25) is 0 Å². The number of hydrogen-bond donors (Lipinski definition) is 0. The summed E-state index contributed by atoms with van der Waals surface area (Å²) in [7, 11) is 0. The lowest BCUT2D eigenvalue weighted by Crippen LogP contribution is -2.10. The van der Waals surface area contributed by atoms with E-state index in [-0.39, 0.29) is 0 Å². The van der Waals surface area contributed by atoms with Crippen molar-refractivity contribution in [3.05, 3.63) is 231 Å². The molecule has 0 amide bonds. The Balaban J connectivity index is 1.06. The SMILES string of the molecule is c1ccc(-c2ccc(N(c3ccc(-c4cccc5ccccc45)cc3)c3cccc4c(-c5ccc6c(c5)c5ccccc5n6-c5ccccc5)cccc34)cc2)cc1. The predicted octanol–water partition coefficient (Wildman–Crippen LogP) is 15.6. The lowest BCUT2D eigenvalue weighted by Gasteiger charge is -2.27. The van der Waals surface area contributed by atoms with E-state index in [1.165, 1.54) is 82.4 Å². The number of aromatic nitrogens is 1. The second kappa shape index (κ2) is 14.1. The van der Waals surface area contributed by atoms with Crippen molar-refractivity contribution in [2.75, 3.05) is 4.90 Å². The van der Waals surface area contributed by atoms with Crippen LogP contribution >= 0.6 is 0 Å². The van der Waals surface area contributed by atoms with Gasteiger partial charge in [-0.3, -0.25) is 0 Å². The van der Waals surface area contributed by atoms with Gasteiger partial charge in [-0.2, -0.15) is 0 Å². The molecule has 11 rings (SSSR count). The largest absolute Gasteiger partial charge is 0.310 e. The Morgan fingerprint density at radius 3 is 1.59 bits per heavy atom. The van der Waals surface area contributed by atoms with Gasteiger partial charge >= 0.3 is 0 Å². The van der Waals surface area contributed by atoms with Crippen LogP contribution < -0.4 is 4.90 Å².